The van der Waals surface area contributed by atoms with Crippen molar-refractivity contribution in [2.75, 3.05) is 59.4 Å². The number of benzene rings is 2. The highest BCUT2D eigenvalue weighted by Gasteiger charge is 2.22. The van der Waals surface area contributed by atoms with E-state index in [1.165, 1.54) is 0 Å². The van der Waals surface area contributed by atoms with E-state index < -0.39 is 0 Å². The van der Waals surface area contributed by atoms with Crippen LogP contribution in [0.3, 0.4) is 0 Å². The van der Waals surface area contributed by atoms with Crippen molar-refractivity contribution in [1.82, 2.24) is 9.80 Å². The summed E-state index contributed by atoms with van der Waals surface area (Å²) in [5.74, 6) is 1.99. The quantitative estimate of drug-likeness (QED) is 0.736. The Morgan fingerprint density at radius 1 is 0.862 bits per heavy atom. The first-order valence-corrected chi connectivity index (χ1v) is 9.72. The van der Waals surface area contributed by atoms with Crippen LogP contribution < -0.4 is 19.5 Å². The number of hydrogen-bond acceptors (Lipinski definition) is 6. The second kappa shape index (κ2) is 10.1. The molecule has 3 rings (SSSR count). The molecule has 1 fully saturated rings. The van der Waals surface area contributed by atoms with Crippen molar-refractivity contribution in [3.63, 3.8) is 0 Å². The van der Waals surface area contributed by atoms with Gasteiger partial charge in [0.15, 0.2) is 11.5 Å². The van der Waals surface area contributed by atoms with Crippen molar-refractivity contribution in [2.24, 2.45) is 0 Å². The average Bonchev–Trinajstić information content (AvgIpc) is 2.75. The molecule has 2 aromatic rings. The lowest BCUT2D eigenvalue weighted by atomic mass is 10.1. The molecule has 7 nitrogen and oxygen atoms in total. The standard InChI is InChI=1S/C22H29N3O4/c1-27-19-10-9-17(21(28-2)22(19)29-3)15-24-11-13-25(14-12-24)16-20(26)23-18-7-5-4-6-8-18/h4-10H,11-16H2,1-3H3,(H,23,26). The van der Waals surface area contributed by atoms with E-state index in [0.29, 0.717) is 23.8 Å². The smallest absolute Gasteiger partial charge is 0.238 e. The molecule has 0 aliphatic carbocycles. The number of hydrogen-bond donors (Lipinski definition) is 1. The monoisotopic (exact) mass is 399 g/mol. The first kappa shape index (κ1) is 21.0. The largest absolute Gasteiger partial charge is 0.493 e. The molecule has 1 heterocycles. The fraction of sp³-hybridized carbons (Fsp3) is 0.409. The molecule has 1 aliphatic rings. The molecule has 0 radical (unpaired) electrons. The van der Waals surface area contributed by atoms with Gasteiger partial charge in [-0.3, -0.25) is 14.6 Å². The van der Waals surface area contributed by atoms with Gasteiger partial charge in [-0.1, -0.05) is 24.3 Å². The van der Waals surface area contributed by atoms with Gasteiger partial charge in [-0.2, -0.15) is 0 Å². The minimum absolute atomic E-state index is 0.0196. The maximum absolute atomic E-state index is 12.3. The number of rotatable bonds is 8. The lowest BCUT2D eigenvalue weighted by molar-refractivity contribution is -0.117. The Morgan fingerprint density at radius 2 is 1.52 bits per heavy atom. The third-order valence-electron chi connectivity index (χ3n) is 5.07. The second-order valence-electron chi connectivity index (χ2n) is 6.96. The van der Waals surface area contributed by atoms with Crippen molar-refractivity contribution in [2.45, 2.75) is 6.54 Å². The summed E-state index contributed by atoms with van der Waals surface area (Å²) >= 11 is 0. The first-order chi connectivity index (χ1) is 14.1. The number of anilines is 1. The summed E-state index contributed by atoms with van der Waals surface area (Å²) in [5, 5.41) is 2.94. The summed E-state index contributed by atoms with van der Waals surface area (Å²) in [6.45, 7) is 4.62. The van der Waals surface area contributed by atoms with Crippen molar-refractivity contribution in [3.8, 4) is 17.2 Å². The molecule has 0 aromatic heterocycles. The number of piperazine rings is 1. The summed E-state index contributed by atoms with van der Waals surface area (Å²) < 4.78 is 16.4. The molecule has 0 atom stereocenters. The Labute approximate surface area is 172 Å². The van der Waals surface area contributed by atoms with Gasteiger partial charge >= 0.3 is 0 Å². The predicted octanol–water partition coefficient (Wildman–Crippen LogP) is 2.47. The summed E-state index contributed by atoms with van der Waals surface area (Å²) in [7, 11) is 4.87. The molecule has 1 N–H and O–H groups in total. The highest BCUT2D eigenvalue weighted by Crippen LogP contribution is 2.40. The van der Waals surface area contributed by atoms with Crippen molar-refractivity contribution < 1.29 is 19.0 Å². The Kier molecular flexibility index (Phi) is 7.32. The summed E-state index contributed by atoms with van der Waals surface area (Å²) in [6, 6.07) is 13.5. The van der Waals surface area contributed by atoms with E-state index in [9.17, 15) is 4.79 Å². The van der Waals surface area contributed by atoms with E-state index in [1.807, 2.05) is 42.5 Å². The van der Waals surface area contributed by atoms with Crippen molar-refractivity contribution in [1.29, 1.82) is 0 Å². The van der Waals surface area contributed by atoms with Crippen molar-refractivity contribution in [3.05, 3.63) is 48.0 Å². The molecule has 7 heteroatoms. The maximum Gasteiger partial charge on any atom is 0.238 e. The van der Waals surface area contributed by atoms with Crippen LogP contribution in [0.5, 0.6) is 17.2 Å². The fourth-order valence-corrected chi connectivity index (χ4v) is 3.56. The summed E-state index contributed by atoms with van der Waals surface area (Å²) in [6.07, 6.45) is 0. The molecule has 1 saturated heterocycles. The SMILES string of the molecule is COc1ccc(CN2CCN(CC(=O)Nc3ccccc3)CC2)c(OC)c1OC. The number of ether oxygens (including phenoxy) is 3. The average molecular weight is 399 g/mol. The van der Waals surface area contributed by atoms with Crippen LogP contribution in [-0.2, 0) is 11.3 Å². The molecule has 1 amide bonds. The van der Waals surface area contributed by atoms with Crippen LogP contribution >= 0.6 is 0 Å². The highest BCUT2D eigenvalue weighted by atomic mass is 16.5. The van der Waals surface area contributed by atoms with Gasteiger partial charge in [0, 0.05) is 44.0 Å². The third kappa shape index (κ3) is 5.40. The molecule has 0 bridgehead atoms. The minimum atomic E-state index is 0.0196. The van der Waals surface area contributed by atoms with Crippen LogP contribution in [0.25, 0.3) is 0 Å². The zero-order valence-electron chi connectivity index (χ0n) is 17.3. The fourth-order valence-electron chi connectivity index (χ4n) is 3.56. The molecule has 2 aromatic carbocycles. The molecular weight excluding hydrogens is 370 g/mol. The Bertz CT molecular complexity index is 805. The molecule has 0 spiro atoms. The Morgan fingerprint density at radius 3 is 2.14 bits per heavy atom. The molecular formula is C22H29N3O4. The second-order valence-corrected chi connectivity index (χ2v) is 6.96. The van der Waals surface area contributed by atoms with E-state index in [4.69, 9.17) is 14.2 Å². The Balaban J connectivity index is 1.53. The zero-order valence-corrected chi connectivity index (χ0v) is 17.3. The lowest BCUT2D eigenvalue weighted by Gasteiger charge is -2.34. The summed E-state index contributed by atoms with van der Waals surface area (Å²) in [4.78, 5) is 16.8. The van der Waals surface area contributed by atoms with Gasteiger partial charge in [0.05, 0.1) is 27.9 Å². The number of carbonyl (C=O) groups is 1. The minimum Gasteiger partial charge on any atom is -0.493 e. The lowest BCUT2D eigenvalue weighted by Crippen LogP contribution is -2.48. The van der Waals surface area contributed by atoms with E-state index in [0.717, 1.165) is 44.0 Å². The van der Waals surface area contributed by atoms with Crippen LogP contribution in [-0.4, -0.2) is 69.8 Å². The van der Waals surface area contributed by atoms with Crippen LogP contribution in [0.2, 0.25) is 0 Å². The van der Waals surface area contributed by atoms with Gasteiger partial charge in [0.2, 0.25) is 11.7 Å². The summed E-state index contributed by atoms with van der Waals surface area (Å²) in [5.41, 5.74) is 1.89. The number of para-hydroxylation sites is 1. The van der Waals surface area contributed by atoms with Crippen LogP contribution in [0.15, 0.2) is 42.5 Å². The zero-order chi connectivity index (χ0) is 20.6. The van der Waals surface area contributed by atoms with Crippen LogP contribution in [0.4, 0.5) is 5.69 Å². The molecule has 0 unspecified atom stereocenters. The number of methoxy groups -OCH3 is 3. The molecule has 1 aliphatic heterocycles. The topological polar surface area (TPSA) is 63.3 Å². The number of nitrogens with zero attached hydrogens (tertiary/aromatic N) is 2. The third-order valence-corrected chi connectivity index (χ3v) is 5.07. The van der Waals surface area contributed by atoms with Crippen LogP contribution in [0, 0.1) is 0 Å². The van der Waals surface area contributed by atoms with Gasteiger partial charge in [-0.05, 0) is 18.2 Å². The van der Waals surface area contributed by atoms with Crippen LogP contribution in [0.1, 0.15) is 5.56 Å². The molecule has 29 heavy (non-hydrogen) atoms. The number of carbonyl (C=O) groups excluding carboxylic acids is 1. The van der Waals surface area contributed by atoms with Gasteiger partial charge in [0.25, 0.3) is 0 Å². The number of nitrogens with one attached hydrogen (secondary N) is 1. The first-order valence-electron chi connectivity index (χ1n) is 9.72. The molecule has 0 saturated carbocycles. The van der Waals surface area contributed by atoms with Gasteiger partial charge in [-0.25, -0.2) is 0 Å². The van der Waals surface area contributed by atoms with Gasteiger partial charge < -0.3 is 19.5 Å². The van der Waals surface area contributed by atoms with Gasteiger partial charge in [-0.15, -0.1) is 0 Å². The maximum atomic E-state index is 12.3. The van der Waals surface area contributed by atoms with E-state index in [2.05, 4.69) is 15.1 Å². The normalized spacial score (nSPS) is 15.0. The Hall–Kier alpha value is -2.77. The van der Waals surface area contributed by atoms with E-state index in [-0.39, 0.29) is 5.91 Å². The van der Waals surface area contributed by atoms with E-state index >= 15 is 0 Å². The predicted molar refractivity (Wildman–Crippen MR) is 113 cm³/mol. The highest BCUT2D eigenvalue weighted by molar-refractivity contribution is 5.92. The van der Waals surface area contributed by atoms with Gasteiger partial charge in [0.1, 0.15) is 0 Å². The molecule has 156 valence electrons. The van der Waals surface area contributed by atoms with Crippen molar-refractivity contribution >= 4 is 11.6 Å². The van der Waals surface area contributed by atoms with E-state index in [1.54, 1.807) is 21.3 Å². The number of amides is 1.